The molecule has 1 amide bonds. The Balaban J connectivity index is 1.43. The van der Waals surface area contributed by atoms with Crippen molar-refractivity contribution in [2.24, 2.45) is 0 Å². The van der Waals surface area contributed by atoms with Gasteiger partial charge in [-0.1, -0.05) is 0 Å². The van der Waals surface area contributed by atoms with Crippen molar-refractivity contribution in [3.05, 3.63) is 83.5 Å². The van der Waals surface area contributed by atoms with Crippen LogP contribution >= 0.6 is 0 Å². The van der Waals surface area contributed by atoms with Crippen molar-refractivity contribution in [2.45, 2.75) is 26.2 Å². The molecule has 0 atom stereocenters. The molecule has 0 spiro atoms. The summed E-state index contributed by atoms with van der Waals surface area (Å²) in [6.07, 6.45) is 12.6. The molecule has 4 rings (SSSR count). The fourth-order valence-corrected chi connectivity index (χ4v) is 3.20. The average molecular weight is 361 g/mol. The lowest BCUT2D eigenvalue weighted by molar-refractivity contribution is 0.0725. The van der Waals surface area contributed by atoms with E-state index in [0.717, 1.165) is 23.1 Å². The molecule has 0 aliphatic carbocycles. The molecule has 0 fully saturated rings. The Hall–Kier alpha value is -3.19. The normalized spacial score (nSPS) is 13.3. The van der Waals surface area contributed by atoms with Gasteiger partial charge in [0.2, 0.25) is 0 Å². The van der Waals surface area contributed by atoms with Crippen molar-refractivity contribution < 1.29 is 9.53 Å². The fourth-order valence-electron chi connectivity index (χ4n) is 3.20. The first-order valence-corrected chi connectivity index (χ1v) is 8.78. The molecule has 7 heteroatoms. The Morgan fingerprint density at radius 3 is 2.70 bits per heavy atom. The lowest BCUT2D eigenvalue weighted by atomic mass is 9.97. The van der Waals surface area contributed by atoms with Crippen molar-refractivity contribution in [1.29, 1.82) is 0 Å². The van der Waals surface area contributed by atoms with Crippen LogP contribution in [0.15, 0.2) is 55.5 Å². The van der Waals surface area contributed by atoms with Crippen molar-refractivity contribution >= 4 is 5.91 Å². The second kappa shape index (κ2) is 8.01. The van der Waals surface area contributed by atoms with E-state index in [1.165, 1.54) is 18.0 Å². The summed E-state index contributed by atoms with van der Waals surface area (Å²) >= 11 is 0. The standard InChI is InChI=1S/C20H19N5O2/c26-20(19-11-22-6-7-24-19)25-8-3-18-16(12-25)9-23-10-17(18)14-27-13-15-1-4-21-5-2-15/h1-2,4-7,9-11H,3,8,12-14H2. The van der Waals surface area contributed by atoms with Gasteiger partial charge in [0.05, 0.1) is 19.4 Å². The third-order valence-corrected chi connectivity index (χ3v) is 4.57. The highest BCUT2D eigenvalue weighted by Crippen LogP contribution is 2.23. The second-order valence-electron chi connectivity index (χ2n) is 6.35. The zero-order chi connectivity index (χ0) is 18.5. The number of hydrogen-bond donors (Lipinski definition) is 0. The van der Waals surface area contributed by atoms with Gasteiger partial charge in [-0.15, -0.1) is 0 Å². The van der Waals surface area contributed by atoms with Crippen molar-refractivity contribution in [2.75, 3.05) is 6.54 Å². The molecule has 0 saturated heterocycles. The lowest BCUT2D eigenvalue weighted by Crippen LogP contribution is -2.37. The predicted molar refractivity (Wildman–Crippen MR) is 97.4 cm³/mol. The number of hydrogen-bond acceptors (Lipinski definition) is 6. The summed E-state index contributed by atoms with van der Waals surface area (Å²) in [5.74, 6) is -0.104. The molecule has 0 N–H and O–H groups in total. The molecule has 0 unspecified atom stereocenters. The molecule has 0 aromatic carbocycles. The largest absolute Gasteiger partial charge is 0.372 e. The van der Waals surface area contributed by atoms with Crippen molar-refractivity contribution in [1.82, 2.24) is 24.8 Å². The summed E-state index contributed by atoms with van der Waals surface area (Å²) < 4.78 is 5.85. The molecule has 0 saturated carbocycles. The Morgan fingerprint density at radius 1 is 1.00 bits per heavy atom. The highest BCUT2D eigenvalue weighted by molar-refractivity contribution is 5.92. The van der Waals surface area contributed by atoms with Crippen LogP contribution < -0.4 is 0 Å². The third kappa shape index (κ3) is 3.98. The molecule has 27 heavy (non-hydrogen) atoms. The maximum absolute atomic E-state index is 12.6. The Kier molecular flexibility index (Phi) is 5.11. The van der Waals surface area contributed by atoms with E-state index in [1.54, 1.807) is 23.5 Å². The van der Waals surface area contributed by atoms with E-state index < -0.39 is 0 Å². The minimum absolute atomic E-state index is 0.104. The summed E-state index contributed by atoms with van der Waals surface area (Å²) in [6.45, 7) is 2.19. The molecular formula is C20H19N5O2. The zero-order valence-corrected chi connectivity index (χ0v) is 14.8. The molecule has 7 nitrogen and oxygen atoms in total. The van der Waals surface area contributed by atoms with Gasteiger partial charge in [0.1, 0.15) is 5.69 Å². The highest BCUT2D eigenvalue weighted by Gasteiger charge is 2.24. The summed E-state index contributed by atoms with van der Waals surface area (Å²) in [6, 6.07) is 3.88. The highest BCUT2D eigenvalue weighted by atomic mass is 16.5. The quantitative estimate of drug-likeness (QED) is 0.693. The van der Waals surface area contributed by atoms with E-state index in [9.17, 15) is 4.79 Å². The lowest BCUT2D eigenvalue weighted by Gasteiger charge is -2.29. The number of carbonyl (C=O) groups is 1. The van der Waals surface area contributed by atoms with Gasteiger partial charge in [-0.25, -0.2) is 4.98 Å². The van der Waals surface area contributed by atoms with Crippen LogP contribution in [-0.2, 0) is 30.9 Å². The first-order chi connectivity index (χ1) is 13.3. The molecule has 1 aliphatic heterocycles. The number of pyridine rings is 2. The van der Waals surface area contributed by atoms with E-state index in [4.69, 9.17) is 4.74 Å². The smallest absolute Gasteiger partial charge is 0.274 e. The predicted octanol–water partition coefficient (Wildman–Crippen LogP) is 2.18. The van der Waals surface area contributed by atoms with Crippen LogP contribution in [-0.4, -0.2) is 37.3 Å². The Morgan fingerprint density at radius 2 is 1.89 bits per heavy atom. The van der Waals surface area contributed by atoms with Crippen LogP contribution in [0.2, 0.25) is 0 Å². The van der Waals surface area contributed by atoms with E-state index in [0.29, 0.717) is 32.0 Å². The van der Waals surface area contributed by atoms with Gasteiger partial charge in [0.25, 0.3) is 5.91 Å². The summed E-state index contributed by atoms with van der Waals surface area (Å²) in [5, 5.41) is 0. The van der Waals surface area contributed by atoms with Crippen molar-refractivity contribution in [3.8, 4) is 0 Å². The molecule has 0 radical (unpaired) electrons. The zero-order valence-electron chi connectivity index (χ0n) is 14.8. The minimum atomic E-state index is -0.104. The number of ether oxygens (including phenoxy) is 1. The Bertz CT molecular complexity index is 918. The maximum atomic E-state index is 12.6. The summed E-state index contributed by atoms with van der Waals surface area (Å²) in [4.78, 5) is 30.8. The van der Waals surface area contributed by atoms with Gasteiger partial charge in [0.15, 0.2) is 0 Å². The molecule has 4 heterocycles. The molecule has 0 bridgehead atoms. The summed E-state index contributed by atoms with van der Waals surface area (Å²) in [5.41, 5.74) is 4.81. The van der Waals surface area contributed by atoms with Crippen LogP contribution in [0.5, 0.6) is 0 Å². The molecular weight excluding hydrogens is 342 g/mol. The first-order valence-electron chi connectivity index (χ1n) is 8.78. The third-order valence-electron chi connectivity index (χ3n) is 4.57. The van der Waals surface area contributed by atoms with Gasteiger partial charge >= 0.3 is 0 Å². The minimum Gasteiger partial charge on any atom is -0.372 e. The second-order valence-corrected chi connectivity index (χ2v) is 6.35. The SMILES string of the molecule is O=C(c1cnccn1)N1CCc2c(COCc3ccncc3)cncc2C1. The van der Waals surface area contributed by atoms with Crippen LogP contribution in [0, 0.1) is 0 Å². The maximum Gasteiger partial charge on any atom is 0.274 e. The van der Waals surface area contributed by atoms with Gasteiger partial charge in [-0.3, -0.25) is 19.7 Å². The molecule has 136 valence electrons. The topological polar surface area (TPSA) is 81.1 Å². The summed E-state index contributed by atoms with van der Waals surface area (Å²) in [7, 11) is 0. The van der Waals surface area contributed by atoms with Gasteiger partial charge in [-0.05, 0) is 40.8 Å². The number of aromatic nitrogens is 4. The van der Waals surface area contributed by atoms with Gasteiger partial charge in [-0.2, -0.15) is 0 Å². The number of amides is 1. The van der Waals surface area contributed by atoms with Crippen molar-refractivity contribution in [3.63, 3.8) is 0 Å². The van der Waals surface area contributed by atoms with E-state index in [1.807, 2.05) is 24.5 Å². The first kappa shape index (κ1) is 17.2. The molecule has 3 aromatic rings. The molecule has 1 aliphatic rings. The number of fused-ring (bicyclic) bond motifs is 1. The number of rotatable bonds is 5. The van der Waals surface area contributed by atoms with Crippen LogP contribution in [0.3, 0.4) is 0 Å². The van der Waals surface area contributed by atoms with E-state index in [2.05, 4.69) is 19.9 Å². The fraction of sp³-hybridized carbons (Fsp3) is 0.250. The van der Waals surface area contributed by atoms with Crippen LogP contribution in [0.4, 0.5) is 0 Å². The average Bonchev–Trinajstić information content (AvgIpc) is 2.74. The monoisotopic (exact) mass is 361 g/mol. The number of nitrogens with zero attached hydrogens (tertiary/aromatic N) is 5. The van der Waals surface area contributed by atoms with Crippen LogP contribution in [0.1, 0.15) is 32.7 Å². The molecule has 3 aromatic heterocycles. The van der Waals surface area contributed by atoms with Gasteiger partial charge in [0, 0.05) is 50.3 Å². The van der Waals surface area contributed by atoms with E-state index in [-0.39, 0.29) is 5.91 Å². The van der Waals surface area contributed by atoms with Gasteiger partial charge < -0.3 is 9.64 Å². The Labute approximate surface area is 157 Å². The van der Waals surface area contributed by atoms with E-state index >= 15 is 0 Å². The van der Waals surface area contributed by atoms with Crippen LogP contribution in [0.25, 0.3) is 0 Å². The number of carbonyl (C=O) groups excluding carboxylic acids is 1.